The first kappa shape index (κ1) is 34.9. The molecule has 7 rings (SSSR count). The Kier molecular flexibility index (Phi) is 11.6. The quantitative estimate of drug-likeness (QED) is 0.118. The summed E-state index contributed by atoms with van der Waals surface area (Å²) in [6, 6.07) is 45.0. The molecule has 0 unspecified atom stereocenters. The van der Waals surface area contributed by atoms with E-state index in [2.05, 4.69) is 127 Å². The summed E-state index contributed by atoms with van der Waals surface area (Å²) in [5.41, 5.74) is 8.11. The fourth-order valence-electron chi connectivity index (χ4n) is 5.89. The summed E-state index contributed by atoms with van der Waals surface area (Å²) in [6.07, 6.45) is 6.30. The number of aromatic nitrogens is 2. The van der Waals surface area contributed by atoms with Crippen molar-refractivity contribution in [1.29, 1.82) is 0 Å². The summed E-state index contributed by atoms with van der Waals surface area (Å²) >= 11 is 0.131. The van der Waals surface area contributed by atoms with Gasteiger partial charge in [-0.1, -0.05) is 73.3 Å². The molecule has 0 aliphatic rings. The molecule has 0 aliphatic heterocycles. The van der Waals surface area contributed by atoms with Crippen molar-refractivity contribution in [3.8, 4) is 33.6 Å². The van der Waals surface area contributed by atoms with Gasteiger partial charge in [0.25, 0.3) is 0 Å². The Morgan fingerprint density at radius 3 is 2.17 bits per heavy atom. The van der Waals surface area contributed by atoms with Crippen molar-refractivity contribution in [3.05, 3.63) is 139 Å². The SMILES string of the molecule is CCC(CC)c1ccnc(-c2[c-]ccc3c2sc2cc(-c4ccccc4)ccc23)c1.[CH3][Ge]([CH3])([CH3])[c]1ccc(-c2[c-]cccc2)nc1.[Ir]. The van der Waals surface area contributed by atoms with Crippen molar-refractivity contribution in [3.63, 3.8) is 0 Å². The summed E-state index contributed by atoms with van der Waals surface area (Å²) in [7, 11) is 0. The van der Waals surface area contributed by atoms with Crippen LogP contribution >= 0.6 is 11.3 Å². The standard InChI is InChI=1S/C28H24NS.C14H16GeN.Ir/c1-3-19(4-2)22-15-16-29-26(17-22)25-12-8-11-24-23-14-13-21(18-27(23)30-28(24)25)20-9-6-5-7-10-20;1-15(2,3)13-9-10-14(16-11-13)12-7-5-4-6-8-12;/h5-11,13-19H,3-4H2,1-2H3;4-7,9-11H,1-3H3;/q2*-1;. The van der Waals surface area contributed by atoms with Gasteiger partial charge in [-0.15, -0.1) is 23.8 Å². The zero-order valence-electron chi connectivity index (χ0n) is 27.7. The largest absolute Gasteiger partial charge is 0 e. The summed E-state index contributed by atoms with van der Waals surface area (Å²) in [6.45, 7) is 4.52. The number of nitrogens with zero attached hydrogens (tertiary/aromatic N) is 2. The third-order valence-electron chi connectivity index (χ3n) is 8.65. The average Bonchev–Trinajstić information content (AvgIpc) is 3.48. The smallest absolute Gasteiger partial charge is 0 e. The number of rotatable bonds is 7. The Morgan fingerprint density at radius 2 is 1.49 bits per heavy atom. The molecule has 0 N–H and O–H groups in total. The zero-order chi connectivity index (χ0) is 32.1. The molecule has 4 aromatic carbocycles. The van der Waals surface area contributed by atoms with E-state index in [-0.39, 0.29) is 20.1 Å². The number of pyridine rings is 2. The topological polar surface area (TPSA) is 25.8 Å². The van der Waals surface area contributed by atoms with Crippen molar-refractivity contribution in [2.24, 2.45) is 0 Å². The van der Waals surface area contributed by atoms with Gasteiger partial charge in [0.2, 0.25) is 0 Å². The van der Waals surface area contributed by atoms with Gasteiger partial charge in [-0.3, -0.25) is 0 Å². The van der Waals surface area contributed by atoms with Gasteiger partial charge in [0.15, 0.2) is 0 Å². The first-order chi connectivity index (χ1) is 22.4. The molecule has 0 aliphatic carbocycles. The second kappa shape index (κ2) is 15.7. The van der Waals surface area contributed by atoms with E-state index in [1.54, 1.807) is 0 Å². The molecule has 0 fully saturated rings. The minimum Gasteiger partial charge on any atom is 0 e. The van der Waals surface area contributed by atoms with Crippen LogP contribution in [0.1, 0.15) is 38.2 Å². The van der Waals surface area contributed by atoms with E-state index >= 15 is 0 Å². The Morgan fingerprint density at radius 1 is 0.702 bits per heavy atom. The van der Waals surface area contributed by atoms with E-state index in [0.29, 0.717) is 5.92 Å². The monoisotopic (exact) mass is 871 g/mol. The summed E-state index contributed by atoms with van der Waals surface area (Å²) < 4.78 is 4.02. The Balaban J connectivity index is 0.000000217. The van der Waals surface area contributed by atoms with E-state index in [0.717, 1.165) is 35.4 Å². The van der Waals surface area contributed by atoms with E-state index < -0.39 is 13.3 Å². The van der Waals surface area contributed by atoms with Gasteiger partial charge in [-0.2, -0.15) is 11.3 Å². The maximum atomic E-state index is 4.72. The molecule has 0 amide bonds. The van der Waals surface area contributed by atoms with Crippen LogP contribution in [0.25, 0.3) is 53.8 Å². The minimum atomic E-state index is -1.72. The number of fused-ring (bicyclic) bond motifs is 3. The van der Waals surface area contributed by atoms with Gasteiger partial charge >= 0.3 is 99.8 Å². The van der Waals surface area contributed by atoms with Crippen molar-refractivity contribution >= 4 is 49.2 Å². The summed E-state index contributed by atoms with van der Waals surface area (Å²) in [4.78, 5) is 9.25. The Bertz CT molecular complexity index is 2050. The second-order valence-electron chi connectivity index (χ2n) is 12.7. The van der Waals surface area contributed by atoms with Crippen molar-refractivity contribution in [1.82, 2.24) is 9.97 Å². The van der Waals surface area contributed by atoms with Gasteiger partial charge in [0, 0.05) is 31.0 Å². The molecule has 0 saturated heterocycles. The molecule has 239 valence electrons. The summed E-state index contributed by atoms with van der Waals surface area (Å²) in [5.74, 6) is 7.73. The minimum absolute atomic E-state index is 0. The number of hydrogen-bond acceptors (Lipinski definition) is 3. The van der Waals surface area contributed by atoms with Crippen LogP contribution in [0.5, 0.6) is 0 Å². The zero-order valence-corrected chi connectivity index (χ0v) is 33.0. The molecule has 47 heavy (non-hydrogen) atoms. The van der Waals surface area contributed by atoms with Crippen molar-refractivity contribution in [2.75, 3.05) is 0 Å². The predicted octanol–water partition coefficient (Wildman–Crippen LogP) is 11.6. The van der Waals surface area contributed by atoms with Crippen molar-refractivity contribution in [2.45, 2.75) is 49.9 Å². The molecule has 2 nitrogen and oxygen atoms in total. The molecule has 0 bridgehead atoms. The second-order valence-corrected chi connectivity index (χ2v) is 24.4. The third-order valence-corrected chi connectivity index (χ3v) is 14.1. The average molecular weight is 870 g/mol. The van der Waals surface area contributed by atoms with Gasteiger partial charge in [0.05, 0.1) is 0 Å². The molecule has 0 saturated carbocycles. The first-order valence-corrected chi connectivity index (χ1v) is 24.3. The molecule has 1 radical (unpaired) electrons. The van der Waals surface area contributed by atoms with Crippen LogP contribution in [-0.2, 0) is 20.1 Å². The van der Waals surface area contributed by atoms with E-state index in [4.69, 9.17) is 4.98 Å². The molecular formula is C42H40GeIrN2S-2. The molecule has 0 spiro atoms. The van der Waals surface area contributed by atoms with Gasteiger partial charge < -0.3 is 4.98 Å². The third kappa shape index (κ3) is 8.01. The van der Waals surface area contributed by atoms with Crippen LogP contribution in [0.15, 0.2) is 122 Å². The van der Waals surface area contributed by atoms with Crippen LogP contribution < -0.4 is 4.40 Å². The van der Waals surface area contributed by atoms with Crippen LogP contribution in [0.3, 0.4) is 0 Å². The number of thiophene rings is 1. The molecular weight excluding hydrogens is 829 g/mol. The van der Waals surface area contributed by atoms with Gasteiger partial charge in [-0.25, -0.2) is 0 Å². The molecule has 0 atom stereocenters. The van der Waals surface area contributed by atoms with Crippen LogP contribution in [0.4, 0.5) is 0 Å². The number of hydrogen-bond donors (Lipinski definition) is 0. The molecule has 3 aromatic heterocycles. The van der Waals surface area contributed by atoms with Crippen LogP contribution in [0.2, 0.25) is 17.3 Å². The fraction of sp³-hybridized carbons (Fsp3) is 0.190. The van der Waals surface area contributed by atoms with Gasteiger partial charge in [0.1, 0.15) is 0 Å². The van der Waals surface area contributed by atoms with E-state index in [9.17, 15) is 0 Å². The van der Waals surface area contributed by atoms with Crippen LogP contribution in [0, 0.1) is 12.1 Å². The maximum Gasteiger partial charge on any atom is 0 e. The summed E-state index contributed by atoms with van der Waals surface area (Å²) in [5, 5.41) is 2.60. The van der Waals surface area contributed by atoms with E-state index in [1.807, 2.05) is 54.1 Å². The molecule has 3 heterocycles. The van der Waals surface area contributed by atoms with Gasteiger partial charge in [-0.05, 0) is 57.8 Å². The Labute approximate surface area is 300 Å². The van der Waals surface area contributed by atoms with Crippen LogP contribution in [-0.4, -0.2) is 23.2 Å². The predicted molar refractivity (Wildman–Crippen MR) is 202 cm³/mol. The van der Waals surface area contributed by atoms with Crippen molar-refractivity contribution < 1.29 is 20.1 Å². The Hall–Kier alpha value is -3.41. The molecule has 7 aromatic rings. The van der Waals surface area contributed by atoms with E-state index in [1.165, 1.54) is 41.3 Å². The molecule has 5 heteroatoms. The fourth-order valence-corrected chi connectivity index (χ4v) is 9.31. The first-order valence-electron chi connectivity index (χ1n) is 16.2. The normalized spacial score (nSPS) is 11.3. The number of benzene rings is 4. The maximum absolute atomic E-state index is 4.72.